The van der Waals surface area contributed by atoms with E-state index in [2.05, 4.69) is 20.9 Å². The van der Waals surface area contributed by atoms with Gasteiger partial charge in [0.05, 0.1) is 37.8 Å². The van der Waals surface area contributed by atoms with Crippen LogP contribution in [-0.4, -0.2) is 65.2 Å². The van der Waals surface area contributed by atoms with Crippen LogP contribution in [0.15, 0.2) is 71.5 Å². The van der Waals surface area contributed by atoms with E-state index in [0.29, 0.717) is 30.2 Å². The van der Waals surface area contributed by atoms with Crippen LogP contribution in [0.3, 0.4) is 0 Å². The van der Waals surface area contributed by atoms with Crippen molar-refractivity contribution < 1.29 is 24.8 Å². The molecule has 3 N–H and O–H groups in total. The molecule has 0 amide bonds. The lowest BCUT2D eigenvalue weighted by Gasteiger charge is -2.41. The highest BCUT2D eigenvalue weighted by atomic mass is 79.9. The van der Waals surface area contributed by atoms with Crippen molar-refractivity contribution >= 4 is 15.9 Å². The van der Waals surface area contributed by atoms with Crippen LogP contribution in [0.2, 0.25) is 0 Å². The molecule has 0 radical (unpaired) electrons. The predicted molar refractivity (Wildman–Crippen MR) is 134 cm³/mol. The van der Waals surface area contributed by atoms with Crippen molar-refractivity contribution in [2.24, 2.45) is 5.92 Å². The highest BCUT2D eigenvalue weighted by molar-refractivity contribution is 9.10. The molecule has 3 aromatic rings. The molecule has 7 nitrogen and oxygen atoms in total. The van der Waals surface area contributed by atoms with Gasteiger partial charge in [-0.3, -0.25) is 4.98 Å². The molecule has 8 heteroatoms. The first-order valence-corrected chi connectivity index (χ1v) is 12.4. The fourth-order valence-corrected chi connectivity index (χ4v) is 6.32. The molecule has 2 aliphatic rings. The molecule has 5 rings (SSSR count). The first kappa shape index (κ1) is 24.2. The molecule has 1 aliphatic heterocycles. The fourth-order valence-electron chi connectivity index (χ4n) is 6.06. The molecule has 2 heterocycles. The summed E-state index contributed by atoms with van der Waals surface area (Å²) in [5.74, 6) is -0.104. The number of fused-ring (bicyclic) bond motifs is 3. The summed E-state index contributed by atoms with van der Waals surface area (Å²) in [6, 6.07) is 17.5. The Hall–Kier alpha value is -2.49. The predicted octanol–water partition coefficient (Wildman–Crippen LogP) is 3.03. The topological polar surface area (TPSA) is 95.3 Å². The summed E-state index contributed by atoms with van der Waals surface area (Å²) < 4.78 is 13.3. The second-order valence-electron chi connectivity index (χ2n) is 9.31. The average Bonchev–Trinajstić information content (AvgIpc) is 3.23. The van der Waals surface area contributed by atoms with Crippen molar-refractivity contribution in [1.82, 2.24) is 9.88 Å². The molecule has 1 unspecified atom stereocenters. The number of halogens is 1. The summed E-state index contributed by atoms with van der Waals surface area (Å²) in [6.45, 7) is 0.878. The lowest BCUT2D eigenvalue weighted by atomic mass is 9.70. The number of ether oxygens (including phenoxy) is 2. The molecule has 184 valence electrons. The number of methoxy groups -OCH3 is 1. The molecule has 2 aromatic carbocycles. The Morgan fingerprint density at radius 3 is 2.49 bits per heavy atom. The van der Waals surface area contributed by atoms with Gasteiger partial charge in [-0.2, -0.15) is 0 Å². The van der Waals surface area contributed by atoms with Gasteiger partial charge < -0.3 is 29.7 Å². The molecule has 0 spiro atoms. The quantitative estimate of drug-likeness (QED) is 0.424. The highest BCUT2D eigenvalue weighted by Crippen LogP contribution is 2.69. The number of likely N-dealkylation sites (N-methyl/N-ethyl adjacent to an activating group) is 1. The molecule has 0 saturated heterocycles. The van der Waals surface area contributed by atoms with E-state index < -0.39 is 29.1 Å². The van der Waals surface area contributed by atoms with E-state index in [-0.39, 0.29) is 6.61 Å². The molecule has 5 atom stereocenters. The van der Waals surface area contributed by atoms with Gasteiger partial charge in [0, 0.05) is 29.4 Å². The zero-order chi connectivity index (χ0) is 24.8. The maximum atomic E-state index is 12.7. The van der Waals surface area contributed by atoms with Crippen molar-refractivity contribution in [3.05, 3.63) is 88.2 Å². The van der Waals surface area contributed by atoms with Crippen LogP contribution >= 0.6 is 15.9 Å². The van der Waals surface area contributed by atoms with Crippen LogP contribution in [0.1, 0.15) is 22.6 Å². The van der Waals surface area contributed by atoms with Crippen molar-refractivity contribution in [3.8, 4) is 11.5 Å². The smallest absolute Gasteiger partial charge is 0.177 e. The van der Waals surface area contributed by atoms with Crippen molar-refractivity contribution in [2.45, 2.75) is 23.2 Å². The maximum absolute atomic E-state index is 12.7. The van der Waals surface area contributed by atoms with Crippen LogP contribution in [0.4, 0.5) is 0 Å². The summed E-state index contributed by atoms with van der Waals surface area (Å²) in [5.41, 5.74) is -1.10. The third-order valence-corrected chi connectivity index (χ3v) is 7.98. The molecule has 1 aromatic heterocycles. The van der Waals surface area contributed by atoms with E-state index in [4.69, 9.17) is 9.47 Å². The van der Waals surface area contributed by atoms with Gasteiger partial charge in [0.2, 0.25) is 0 Å². The Labute approximate surface area is 213 Å². The second kappa shape index (κ2) is 9.19. The van der Waals surface area contributed by atoms with Crippen molar-refractivity contribution in [1.29, 1.82) is 0 Å². The largest absolute Gasteiger partial charge is 0.495 e. The first-order valence-electron chi connectivity index (χ1n) is 11.6. The minimum atomic E-state index is -1.82. The third kappa shape index (κ3) is 3.50. The molecule has 1 aliphatic carbocycles. The molecule has 35 heavy (non-hydrogen) atoms. The maximum Gasteiger partial charge on any atom is 0.177 e. The Morgan fingerprint density at radius 2 is 1.83 bits per heavy atom. The van der Waals surface area contributed by atoms with Gasteiger partial charge in [-0.05, 0) is 30.3 Å². The third-order valence-electron chi connectivity index (χ3n) is 7.45. The van der Waals surface area contributed by atoms with Crippen molar-refractivity contribution in [3.63, 3.8) is 0 Å². The van der Waals surface area contributed by atoms with E-state index in [1.54, 1.807) is 6.20 Å². The second-order valence-corrected chi connectivity index (χ2v) is 10.2. The number of pyridine rings is 1. The van der Waals surface area contributed by atoms with E-state index >= 15 is 0 Å². The van der Waals surface area contributed by atoms with Gasteiger partial charge in [-0.25, -0.2) is 0 Å². The highest BCUT2D eigenvalue weighted by Gasteiger charge is 2.76. The number of aliphatic hydroxyl groups is 3. The standard InChI is InChI=1S/C27H29BrN2O5/c1-30(12-13-31)16-20-23(17-6-4-3-5-7-17)27(18-8-10-19(28)11-9-18)26(33,25(20)32)24-21(34-2)14-29-15-22(24)35-27/h3-11,14-15,20,23,25,31-33H,12-13,16H2,1-2H3/t20-,23-,25-,26+,27?/m1/s1. The van der Waals surface area contributed by atoms with E-state index in [1.807, 2.05) is 66.5 Å². The van der Waals surface area contributed by atoms with Gasteiger partial charge in [-0.15, -0.1) is 0 Å². The zero-order valence-corrected chi connectivity index (χ0v) is 21.2. The number of hydrogen-bond acceptors (Lipinski definition) is 7. The van der Waals surface area contributed by atoms with Crippen LogP contribution in [0.5, 0.6) is 11.5 Å². The number of aliphatic hydroxyl groups excluding tert-OH is 2. The number of rotatable bonds is 7. The van der Waals surface area contributed by atoms with Crippen LogP contribution in [0.25, 0.3) is 0 Å². The summed E-state index contributed by atoms with van der Waals surface area (Å²) in [7, 11) is 3.41. The molecule has 0 bridgehead atoms. The van der Waals surface area contributed by atoms with Gasteiger partial charge in [0.1, 0.15) is 11.5 Å². The van der Waals surface area contributed by atoms with Gasteiger partial charge in [0.25, 0.3) is 0 Å². The van der Waals surface area contributed by atoms with E-state index in [9.17, 15) is 15.3 Å². The Bertz CT molecular complexity index is 1190. The first-order chi connectivity index (χ1) is 16.9. The number of aromatic nitrogens is 1. The summed E-state index contributed by atoms with van der Waals surface area (Å²) in [4.78, 5) is 6.22. The zero-order valence-electron chi connectivity index (χ0n) is 19.6. The van der Waals surface area contributed by atoms with Gasteiger partial charge >= 0.3 is 0 Å². The Kier molecular flexibility index (Phi) is 6.35. The monoisotopic (exact) mass is 540 g/mol. The normalized spacial score (nSPS) is 29.1. The van der Waals surface area contributed by atoms with E-state index in [0.717, 1.165) is 15.6 Å². The SMILES string of the molecule is COc1cncc2c1[C@]1(O)[C@H](O)[C@H](CN(C)CCO)[C@@H](c3ccccc3)C1(c1ccc(Br)cc1)O2. The van der Waals surface area contributed by atoms with Gasteiger partial charge in [-0.1, -0.05) is 58.4 Å². The van der Waals surface area contributed by atoms with Crippen LogP contribution in [0, 0.1) is 5.92 Å². The molecule has 1 fully saturated rings. The Morgan fingerprint density at radius 1 is 1.11 bits per heavy atom. The molecular weight excluding hydrogens is 512 g/mol. The summed E-state index contributed by atoms with van der Waals surface area (Å²) >= 11 is 3.51. The molecule has 1 saturated carbocycles. The summed E-state index contributed by atoms with van der Waals surface area (Å²) in [6.07, 6.45) is 1.90. The Balaban J connectivity index is 1.81. The minimum absolute atomic E-state index is 0.00370. The van der Waals surface area contributed by atoms with Crippen LogP contribution < -0.4 is 9.47 Å². The van der Waals surface area contributed by atoms with Gasteiger partial charge in [0.15, 0.2) is 11.2 Å². The van der Waals surface area contributed by atoms with E-state index in [1.165, 1.54) is 13.3 Å². The summed E-state index contributed by atoms with van der Waals surface area (Å²) in [5, 5.41) is 34.2. The average molecular weight is 541 g/mol. The van der Waals surface area contributed by atoms with Crippen LogP contribution in [-0.2, 0) is 11.2 Å². The van der Waals surface area contributed by atoms with Crippen molar-refractivity contribution in [2.75, 3.05) is 33.9 Å². The lowest BCUT2D eigenvalue weighted by molar-refractivity contribution is -0.152. The lowest BCUT2D eigenvalue weighted by Crippen LogP contribution is -2.52. The number of hydrogen-bond donors (Lipinski definition) is 3. The number of benzene rings is 2. The number of nitrogens with zero attached hydrogens (tertiary/aromatic N) is 2. The molecular formula is C27H29BrN2O5. The fraction of sp³-hybridized carbons (Fsp3) is 0.370. The minimum Gasteiger partial charge on any atom is -0.495 e.